The number of benzene rings is 3. The highest BCUT2D eigenvalue weighted by atomic mass is 79.9. The summed E-state index contributed by atoms with van der Waals surface area (Å²) in [7, 11) is 0. The number of halogens is 1. The van der Waals surface area contributed by atoms with Gasteiger partial charge in [0.15, 0.2) is 5.60 Å². The van der Waals surface area contributed by atoms with E-state index in [0.29, 0.717) is 17.1 Å². The zero-order valence-electron chi connectivity index (χ0n) is 17.2. The van der Waals surface area contributed by atoms with Gasteiger partial charge >= 0.3 is 6.16 Å². The molecule has 160 valence electrons. The van der Waals surface area contributed by atoms with E-state index in [1.165, 1.54) is 0 Å². The molecule has 0 fully saturated rings. The van der Waals surface area contributed by atoms with Crippen LogP contribution in [0.15, 0.2) is 85.1 Å². The van der Waals surface area contributed by atoms with E-state index in [-0.39, 0.29) is 6.61 Å². The van der Waals surface area contributed by atoms with Crippen LogP contribution >= 0.6 is 15.9 Å². The highest BCUT2D eigenvalue weighted by Gasteiger charge is 2.42. The summed E-state index contributed by atoms with van der Waals surface area (Å²) in [5.41, 5.74) is 1.63. The van der Waals surface area contributed by atoms with Crippen molar-refractivity contribution < 1.29 is 24.1 Å². The van der Waals surface area contributed by atoms with Crippen LogP contribution in [0.25, 0.3) is 5.57 Å². The highest BCUT2D eigenvalue weighted by Crippen LogP contribution is 2.48. The van der Waals surface area contributed by atoms with Gasteiger partial charge in [-0.3, -0.25) is 0 Å². The molecule has 6 heteroatoms. The van der Waals surface area contributed by atoms with Crippen molar-refractivity contribution in [2.45, 2.75) is 12.5 Å². The SMILES string of the molecule is CBr.CC1(OC(=O)OCC(=CO)c2ccccc2)c2ccccc2Oc2ccccc21. The summed E-state index contributed by atoms with van der Waals surface area (Å²) in [6, 6.07) is 24.1. The first-order valence-corrected chi connectivity index (χ1v) is 11.2. The first kappa shape index (κ1) is 22.4. The molecule has 0 spiro atoms. The predicted octanol–water partition coefficient (Wildman–Crippen LogP) is 6.82. The van der Waals surface area contributed by atoms with Crippen molar-refractivity contribution in [2.75, 3.05) is 12.4 Å². The Kier molecular flexibility index (Phi) is 7.36. The number of alkyl halides is 1. The average molecular weight is 483 g/mol. The molecule has 4 rings (SSSR count). The van der Waals surface area contributed by atoms with Crippen molar-refractivity contribution in [3.63, 3.8) is 0 Å². The monoisotopic (exact) mass is 482 g/mol. The van der Waals surface area contributed by atoms with E-state index in [9.17, 15) is 9.90 Å². The van der Waals surface area contributed by atoms with Gasteiger partial charge in [-0.1, -0.05) is 82.7 Å². The number of rotatable bonds is 4. The molecule has 1 aliphatic rings. The molecule has 0 atom stereocenters. The van der Waals surface area contributed by atoms with Crippen molar-refractivity contribution in [3.8, 4) is 11.5 Å². The Morgan fingerprint density at radius 1 is 0.935 bits per heavy atom. The van der Waals surface area contributed by atoms with Crippen molar-refractivity contribution in [2.24, 2.45) is 0 Å². The number of carbonyl (C=O) groups is 1. The fourth-order valence-corrected chi connectivity index (χ4v) is 3.45. The third-order valence-corrected chi connectivity index (χ3v) is 4.96. The number of ether oxygens (including phenoxy) is 3. The van der Waals surface area contributed by atoms with Gasteiger partial charge in [-0.05, 0) is 30.5 Å². The summed E-state index contributed by atoms with van der Waals surface area (Å²) in [6.45, 7) is 1.70. The van der Waals surface area contributed by atoms with Gasteiger partial charge in [0, 0.05) is 16.7 Å². The zero-order chi connectivity index (χ0) is 22.3. The first-order chi connectivity index (χ1) is 15.1. The standard InChI is InChI=1S/C24H20O5.CH3Br/c1-24(29-23(26)27-16-18(15-25)17-9-3-2-4-10-17)19-11-5-7-13-21(19)28-22-14-8-6-12-20(22)24;1-2/h2-15,25H,16H2,1H3;1H3. The lowest BCUT2D eigenvalue weighted by molar-refractivity contribution is -0.00681. The third kappa shape index (κ3) is 4.75. The van der Waals surface area contributed by atoms with Gasteiger partial charge in [0.05, 0.1) is 6.26 Å². The molecule has 0 unspecified atom stereocenters. The van der Waals surface area contributed by atoms with Gasteiger partial charge in [0.1, 0.15) is 18.1 Å². The lowest BCUT2D eigenvalue weighted by atomic mass is 9.85. The Morgan fingerprint density at radius 3 is 2.00 bits per heavy atom. The van der Waals surface area contributed by atoms with Crippen LogP contribution in [0.2, 0.25) is 0 Å². The minimum Gasteiger partial charge on any atom is -0.515 e. The fourth-order valence-electron chi connectivity index (χ4n) is 3.45. The van der Waals surface area contributed by atoms with E-state index >= 15 is 0 Å². The van der Waals surface area contributed by atoms with Crippen molar-refractivity contribution in [3.05, 3.63) is 102 Å². The zero-order valence-corrected chi connectivity index (χ0v) is 18.8. The number of hydrogen-bond donors (Lipinski definition) is 1. The summed E-state index contributed by atoms with van der Waals surface area (Å²) in [6.07, 6.45) is 0.0953. The lowest BCUT2D eigenvalue weighted by Gasteiger charge is -2.36. The molecule has 3 aromatic carbocycles. The lowest BCUT2D eigenvalue weighted by Crippen LogP contribution is -2.34. The number of fused-ring (bicyclic) bond motifs is 2. The van der Waals surface area contributed by atoms with Crippen LogP contribution in [0.5, 0.6) is 11.5 Å². The molecule has 3 aromatic rings. The van der Waals surface area contributed by atoms with Gasteiger partial charge in [-0.25, -0.2) is 4.79 Å². The first-order valence-electron chi connectivity index (χ1n) is 9.61. The van der Waals surface area contributed by atoms with E-state index in [1.54, 1.807) is 0 Å². The van der Waals surface area contributed by atoms with E-state index in [4.69, 9.17) is 14.2 Å². The van der Waals surface area contributed by atoms with Crippen molar-refractivity contribution >= 4 is 27.7 Å². The second kappa shape index (κ2) is 10.2. The Morgan fingerprint density at radius 2 is 1.45 bits per heavy atom. The molecule has 1 aliphatic heterocycles. The molecule has 0 radical (unpaired) electrons. The molecular formula is C25H23BrO5. The molecule has 5 nitrogen and oxygen atoms in total. The van der Waals surface area contributed by atoms with Gasteiger partial charge in [0.2, 0.25) is 0 Å². The Balaban J connectivity index is 0.00000132. The molecule has 0 aliphatic carbocycles. The van der Waals surface area contributed by atoms with E-state index < -0.39 is 11.8 Å². The number of para-hydroxylation sites is 2. The normalized spacial score (nSPS) is 13.5. The van der Waals surface area contributed by atoms with Crippen LogP contribution in [0.4, 0.5) is 4.79 Å². The quantitative estimate of drug-likeness (QED) is 0.251. The summed E-state index contributed by atoms with van der Waals surface area (Å²) in [4.78, 5) is 12.6. The molecule has 0 bridgehead atoms. The number of aliphatic hydroxyl groups is 1. The topological polar surface area (TPSA) is 65.0 Å². The Hall–Kier alpha value is -3.25. The van der Waals surface area contributed by atoms with Gasteiger partial charge in [0.25, 0.3) is 0 Å². The molecule has 1 heterocycles. The van der Waals surface area contributed by atoms with Crippen molar-refractivity contribution in [1.82, 2.24) is 0 Å². The molecule has 0 amide bonds. The van der Waals surface area contributed by atoms with Crippen LogP contribution in [-0.2, 0) is 15.1 Å². The van der Waals surface area contributed by atoms with Gasteiger partial charge in [-0.2, -0.15) is 0 Å². The van der Waals surface area contributed by atoms with Gasteiger partial charge in [-0.15, -0.1) is 0 Å². The summed E-state index contributed by atoms with van der Waals surface area (Å²) < 4.78 is 17.1. The van der Waals surface area contributed by atoms with Crippen LogP contribution in [-0.4, -0.2) is 23.7 Å². The van der Waals surface area contributed by atoms with Crippen LogP contribution in [0.1, 0.15) is 23.6 Å². The summed E-state index contributed by atoms with van der Waals surface area (Å²) in [5.74, 6) is 3.07. The summed E-state index contributed by atoms with van der Waals surface area (Å²) in [5, 5.41) is 9.51. The third-order valence-electron chi connectivity index (χ3n) is 4.96. The minimum atomic E-state index is -1.07. The molecular weight excluding hydrogens is 460 g/mol. The largest absolute Gasteiger partial charge is 0.515 e. The van der Waals surface area contributed by atoms with E-state index in [2.05, 4.69) is 15.9 Å². The van der Waals surface area contributed by atoms with E-state index in [1.807, 2.05) is 91.6 Å². The van der Waals surface area contributed by atoms with Crippen LogP contribution in [0.3, 0.4) is 0 Å². The molecule has 0 saturated carbocycles. The Bertz CT molecular complexity index is 1020. The van der Waals surface area contributed by atoms with Crippen molar-refractivity contribution in [1.29, 1.82) is 0 Å². The van der Waals surface area contributed by atoms with Crippen LogP contribution < -0.4 is 4.74 Å². The average Bonchev–Trinajstić information content (AvgIpc) is 2.82. The minimum absolute atomic E-state index is 0.116. The maximum absolute atomic E-state index is 12.6. The fraction of sp³-hybridized carbons (Fsp3) is 0.160. The van der Waals surface area contributed by atoms with Gasteiger partial charge < -0.3 is 19.3 Å². The molecule has 31 heavy (non-hydrogen) atoms. The Labute approximate surface area is 190 Å². The number of carbonyl (C=O) groups excluding carboxylic acids is 1. The summed E-state index contributed by atoms with van der Waals surface area (Å²) >= 11 is 2.94. The maximum atomic E-state index is 12.6. The van der Waals surface area contributed by atoms with Crippen LogP contribution in [0, 0.1) is 0 Å². The smallest absolute Gasteiger partial charge is 0.509 e. The maximum Gasteiger partial charge on any atom is 0.509 e. The second-order valence-electron chi connectivity index (χ2n) is 6.79. The number of hydrogen-bond acceptors (Lipinski definition) is 5. The van der Waals surface area contributed by atoms with E-state index in [0.717, 1.165) is 23.0 Å². The predicted molar refractivity (Wildman–Crippen MR) is 124 cm³/mol. The second-order valence-corrected chi connectivity index (χ2v) is 6.79. The molecule has 0 aromatic heterocycles. The highest BCUT2D eigenvalue weighted by molar-refractivity contribution is 9.08. The molecule has 1 N–H and O–H groups in total. The number of aliphatic hydroxyl groups excluding tert-OH is 1. The molecule has 0 saturated heterocycles.